The molecule has 0 aliphatic carbocycles. The van der Waals surface area contributed by atoms with Gasteiger partial charge in [0.05, 0.1) is 16.1 Å². The molecule has 178 valence electrons. The van der Waals surface area contributed by atoms with Crippen molar-refractivity contribution in [3.63, 3.8) is 0 Å². The van der Waals surface area contributed by atoms with E-state index in [4.69, 9.17) is 4.42 Å². The molecule has 0 radical (unpaired) electrons. The zero-order valence-electron chi connectivity index (χ0n) is 19.0. The van der Waals surface area contributed by atoms with Crippen LogP contribution in [0.25, 0.3) is 16.9 Å². The molecule has 35 heavy (non-hydrogen) atoms. The minimum atomic E-state index is -3.87. The van der Waals surface area contributed by atoms with Crippen molar-refractivity contribution in [1.29, 1.82) is 0 Å². The highest BCUT2D eigenvalue weighted by atomic mass is 32.2. The van der Waals surface area contributed by atoms with Gasteiger partial charge >= 0.3 is 5.76 Å². The summed E-state index contributed by atoms with van der Waals surface area (Å²) >= 11 is 0. The molecule has 12 heteroatoms. The van der Waals surface area contributed by atoms with Crippen molar-refractivity contribution in [2.24, 2.45) is 0 Å². The SMILES string of the molecule is Cc1nn(-c2ccc(Nc3ccc(NS(=O)(=O)c4ccc5oc(=O)[nH]c5c4)cc3)nn2)c(C)c1C. The third kappa shape index (κ3) is 4.38. The van der Waals surface area contributed by atoms with Gasteiger partial charge in [-0.2, -0.15) is 5.10 Å². The summed E-state index contributed by atoms with van der Waals surface area (Å²) in [7, 11) is -3.87. The standard InChI is InChI=1S/C23H21N7O4S/c1-13-14(2)28-30(15(13)3)22-11-10-21(26-27-22)24-16-4-6-17(7-5-16)29-35(32,33)18-8-9-20-19(12-18)25-23(31)34-20/h4-12,29H,1-3H3,(H,24,26)(H,25,31). The van der Waals surface area contributed by atoms with Gasteiger partial charge in [0.25, 0.3) is 10.0 Å². The van der Waals surface area contributed by atoms with Crippen molar-refractivity contribution in [1.82, 2.24) is 25.0 Å². The molecule has 2 aromatic carbocycles. The van der Waals surface area contributed by atoms with E-state index in [1.165, 1.54) is 18.2 Å². The number of aryl methyl sites for hydroxylation is 1. The number of hydrogen-bond acceptors (Lipinski definition) is 8. The highest BCUT2D eigenvalue weighted by Gasteiger charge is 2.16. The minimum Gasteiger partial charge on any atom is -0.408 e. The fourth-order valence-corrected chi connectivity index (χ4v) is 4.61. The Morgan fingerprint density at radius 3 is 2.34 bits per heavy atom. The lowest BCUT2D eigenvalue weighted by atomic mass is 10.2. The van der Waals surface area contributed by atoms with E-state index in [-0.39, 0.29) is 10.5 Å². The van der Waals surface area contributed by atoms with Crippen LogP contribution < -0.4 is 15.8 Å². The predicted octanol–water partition coefficient (Wildman–Crippen LogP) is 3.57. The Bertz CT molecular complexity index is 1700. The molecule has 0 aliphatic rings. The molecule has 0 unspecified atom stereocenters. The number of hydrogen-bond donors (Lipinski definition) is 3. The van der Waals surface area contributed by atoms with Gasteiger partial charge in [0.15, 0.2) is 17.2 Å². The molecule has 3 heterocycles. The molecule has 0 bridgehead atoms. The first-order valence-electron chi connectivity index (χ1n) is 10.6. The van der Waals surface area contributed by atoms with Gasteiger partial charge in [-0.25, -0.2) is 17.9 Å². The summed E-state index contributed by atoms with van der Waals surface area (Å²) in [6.45, 7) is 5.95. The number of aromatic nitrogens is 5. The van der Waals surface area contributed by atoms with Crippen LogP contribution in [-0.4, -0.2) is 33.4 Å². The summed E-state index contributed by atoms with van der Waals surface area (Å²) in [5, 5.41) is 16.1. The van der Waals surface area contributed by atoms with E-state index in [1.54, 1.807) is 35.0 Å². The topological polar surface area (TPSA) is 148 Å². The summed E-state index contributed by atoms with van der Waals surface area (Å²) in [5.41, 5.74) is 4.73. The van der Waals surface area contributed by atoms with Gasteiger partial charge in [0, 0.05) is 17.1 Å². The van der Waals surface area contributed by atoms with E-state index < -0.39 is 15.8 Å². The molecular formula is C23H21N7O4S. The summed E-state index contributed by atoms with van der Waals surface area (Å²) in [5.74, 6) is 0.501. The van der Waals surface area contributed by atoms with Crippen LogP contribution in [0.4, 0.5) is 17.2 Å². The molecule has 0 atom stereocenters. The lowest BCUT2D eigenvalue weighted by Gasteiger charge is -2.10. The normalized spacial score (nSPS) is 11.6. The van der Waals surface area contributed by atoms with Gasteiger partial charge < -0.3 is 9.73 Å². The molecule has 0 spiro atoms. The van der Waals surface area contributed by atoms with Crippen LogP contribution >= 0.6 is 0 Å². The van der Waals surface area contributed by atoms with Crippen molar-refractivity contribution in [2.75, 3.05) is 10.0 Å². The predicted molar refractivity (Wildman–Crippen MR) is 131 cm³/mol. The molecule has 0 saturated heterocycles. The summed E-state index contributed by atoms with van der Waals surface area (Å²) in [6, 6.07) is 14.4. The van der Waals surface area contributed by atoms with E-state index in [0.29, 0.717) is 28.5 Å². The number of aromatic amines is 1. The van der Waals surface area contributed by atoms with Gasteiger partial charge in [-0.15, -0.1) is 10.2 Å². The highest BCUT2D eigenvalue weighted by Crippen LogP contribution is 2.23. The average molecular weight is 492 g/mol. The molecule has 0 aliphatic heterocycles. The maximum Gasteiger partial charge on any atom is 0.417 e. The van der Waals surface area contributed by atoms with E-state index in [1.807, 2.05) is 26.8 Å². The lowest BCUT2D eigenvalue weighted by Crippen LogP contribution is -2.12. The Morgan fingerprint density at radius 2 is 1.69 bits per heavy atom. The second kappa shape index (κ2) is 8.40. The Balaban J connectivity index is 1.28. The number of rotatable bonds is 6. The smallest absolute Gasteiger partial charge is 0.408 e. The molecule has 0 amide bonds. The number of oxazole rings is 1. The van der Waals surface area contributed by atoms with Crippen molar-refractivity contribution in [2.45, 2.75) is 25.7 Å². The van der Waals surface area contributed by atoms with Crippen LogP contribution in [0.1, 0.15) is 17.0 Å². The second-order valence-corrected chi connectivity index (χ2v) is 9.65. The first kappa shape index (κ1) is 22.3. The number of benzene rings is 2. The van der Waals surface area contributed by atoms with E-state index in [2.05, 4.69) is 30.3 Å². The maximum atomic E-state index is 12.7. The molecule has 0 saturated carbocycles. The fourth-order valence-electron chi connectivity index (χ4n) is 3.53. The largest absolute Gasteiger partial charge is 0.417 e. The van der Waals surface area contributed by atoms with E-state index in [0.717, 1.165) is 17.0 Å². The molecule has 5 aromatic rings. The summed E-state index contributed by atoms with van der Waals surface area (Å²) in [6.07, 6.45) is 0. The molecule has 5 rings (SSSR count). The first-order chi connectivity index (χ1) is 16.7. The zero-order valence-corrected chi connectivity index (χ0v) is 19.8. The number of fused-ring (bicyclic) bond motifs is 1. The van der Waals surface area contributed by atoms with E-state index >= 15 is 0 Å². The van der Waals surface area contributed by atoms with Gasteiger partial charge in [-0.3, -0.25) is 9.71 Å². The average Bonchev–Trinajstić information content (AvgIpc) is 3.33. The molecule has 11 nitrogen and oxygen atoms in total. The maximum absolute atomic E-state index is 12.7. The third-order valence-corrected chi connectivity index (χ3v) is 7.01. The molecule has 3 N–H and O–H groups in total. The number of H-pyrrole nitrogens is 1. The van der Waals surface area contributed by atoms with Crippen LogP contribution in [0, 0.1) is 20.8 Å². The highest BCUT2D eigenvalue weighted by molar-refractivity contribution is 7.92. The van der Waals surface area contributed by atoms with Gasteiger partial charge in [-0.1, -0.05) is 0 Å². The van der Waals surface area contributed by atoms with Crippen molar-refractivity contribution >= 4 is 38.3 Å². The fraction of sp³-hybridized carbons (Fsp3) is 0.130. The zero-order chi connectivity index (χ0) is 24.7. The Labute approximate surface area is 199 Å². The van der Waals surface area contributed by atoms with Crippen LogP contribution in [-0.2, 0) is 10.0 Å². The third-order valence-electron chi connectivity index (χ3n) is 5.63. The minimum absolute atomic E-state index is 0.00239. The van der Waals surface area contributed by atoms with Crippen molar-refractivity contribution in [3.8, 4) is 5.82 Å². The Kier molecular flexibility index (Phi) is 5.36. The number of nitrogens with one attached hydrogen (secondary N) is 3. The molecule has 0 fully saturated rings. The van der Waals surface area contributed by atoms with Crippen molar-refractivity contribution < 1.29 is 12.8 Å². The monoisotopic (exact) mass is 491 g/mol. The number of sulfonamides is 1. The van der Waals surface area contributed by atoms with Gasteiger partial charge in [0.1, 0.15) is 0 Å². The van der Waals surface area contributed by atoms with Gasteiger partial charge in [-0.05, 0) is 80.9 Å². The number of anilines is 3. The summed E-state index contributed by atoms with van der Waals surface area (Å²) in [4.78, 5) is 13.7. The quantitative estimate of drug-likeness (QED) is 0.327. The van der Waals surface area contributed by atoms with Crippen LogP contribution in [0.2, 0.25) is 0 Å². The second-order valence-electron chi connectivity index (χ2n) is 7.96. The van der Waals surface area contributed by atoms with Crippen LogP contribution in [0.5, 0.6) is 0 Å². The number of nitrogens with zero attached hydrogens (tertiary/aromatic N) is 4. The van der Waals surface area contributed by atoms with E-state index in [9.17, 15) is 13.2 Å². The lowest BCUT2D eigenvalue weighted by molar-refractivity contribution is 0.555. The Hall–Kier alpha value is -4.45. The van der Waals surface area contributed by atoms with Gasteiger partial charge in [0.2, 0.25) is 0 Å². The van der Waals surface area contributed by atoms with Crippen molar-refractivity contribution in [3.05, 3.63) is 82.1 Å². The molecule has 3 aromatic heterocycles. The first-order valence-corrected chi connectivity index (χ1v) is 12.1. The van der Waals surface area contributed by atoms with Crippen LogP contribution in [0.15, 0.2) is 68.7 Å². The van der Waals surface area contributed by atoms with Crippen LogP contribution in [0.3, 0.4) is 0 Å². The summed E-state index contributed by atoms with van der Waals surface area (Å²) < 4.78 is 34.7. The molecular weight excluding hydrogens is 470 g/mol. The Morgan fingerprint density at radius 1 is 0.943 bits per heavy atom.